The normalized spacial score (nSPS) is 19.5. The zero-order valence-corrected chi connectivity index (χ0v) is 18.1. The molecule has 2 aliphatic rings. The van der Waals surface area contributed by atoms with Gasteiger partial charge in [0.1, 0.15) is 11.5 Å². The van der Waals surface area contributed by atoms with E-state index >= 15 is 0 Å². The van der Waals surface area contributed by atoms with Crippen LogP contribution in [0.25, 0.3) is 5.76 Å². The lowest BCUT2D eigenvalue weighted by Gasteiger charge is -2.25. The van der Waals surface area contributed by atoms with Crippen LogP contribution in [0.5, 0.6) is 5.75 Å². The van der Waals surface area contributed by atoms with Crippen LogP contribution in [0.4, 0.5) is 0 Å². The van der Waals surface area contributed by atoms with Gasteiger partial charge in [-0.15, -0.1) is 0 Å². The number of aliphatic hydroxyl groups is 1. The highest BCUT2D eigenvalue weighted by atomic mass is 16.3. The quantitative estimate of drug-likeness (QED) is 0.359. The van der Waals surface area contributed by atoms with E-state index in [1.165, 1.54) is 28.2 Å². The highest BCUT2D eigenvalue weighted by Gasteiger charge is 2.46. The van der Waals surface area contributed by atoms with Gasteiger partial charge >= 0.3 is 0 Å². The topological polar surface area (TPSA) is 90.7 Å². The number of pyridine rings is 1. The van der Waals surface area contributed by atoms with E-state index in [1.807, 2.05) is 24.3 Å². The third-order valence-electron chi connectivity index (χ3n) is 6.41. The number of nitrogens with zero attached hydrogens (tertiary/aromatic N) is 2. The molecule has 1 fully saturated rings. The Bertz CT molecular complexity index is 1270. The molecule has 1 saturated heterocycles. The minimum absolute atomic E-state index is 0.0182. The van der Waals surface area contributed by atoms with Gasteiger partial charge in [-0.2, -0.15) is 0 Å². The van der Waals surface area contributed by atoms with E-state index in [4.69, 9.17) is 0 Å². The summed E-state index contributed by atoms with van der Waals surface area (Å²) in [6, 6.07) is 16.7. The fraction of sp³-hybridized carbons (Fsp3) is 0.222. The van der Waals surface area contributed by atoms with Gasteiger partial charge in [-0.25, -0.2) is 0 Å². The molecule has 1 aliphatic heterocycles. The van der Waals surface area contributed by atoms with Gasteiger partial charge < -0.3 is 15.1 Å². The molecule has 3 aromatic rings. The smallest absolute Gasteiger partial charge is 0.296 e. The summed E-state index contributed by atoms with van der Waals surface area (Å²) in [7, 11) is 0. The first kappa shape index (κ1) is 20.9. The standard InChI is InChI=1S/C27H24N2O4/c30-22-10-5-8-19(15-22)24-23(25(31)20-12-11-17-6-1-2-7-18(17)14-20)26(32)27(33)29(24)16-21-9-3-4-13-28-21/h3-5,8-15,24,30-31H,1-2,6-7,16H2/b25-23-. The number of Topliss-reactive ketones (excluding diaryl/α,β-unsaturated/α-hetero) is 1. The molecule has 2 aromatic carbocycles. The SMILES string of the molecule is O=C1C(=O)N(Cc2ccccn2)C(c2cccc(O)c2)/C1=C(/O)c1ccc2c(c1)CCCC2. The van der Waals surface area contributed by atoms with E-state index in [0.717, 1.165) is 25.7 Å². The van der Waals surface area contributed by atoms with E-state index in [2.05, 4.69) is 4.98 Å². The van der Waals surface area contributed by atoms with Crippen molar-refractivity contribution in [2.45, 2.75) is 38.3 Å². The van der Waals surface area contributed by atoms with Crippen LogP contribution >= 0.6 is 0 Å². The lowest BCUT2D eigenvalue weighted by atomic mass is 9.88. The lowest BCUT2D eigenvalue weighted by Crippen LogP contribution is -2.29. The minimum Gasteiger partial charge on any atom is -0.508 e. The average Bonchev–Trinajstić information content (AvgIpc) is 3.09. The van der Waals surface area contributed by atoms with Crippen molar-refractivity contribution >= 4 is 17.4 Å². The van der Waals surface area contributed by atoms with Gasteiger partial charge in [-0.3, -0.25) is 14.6 Å². The minimum atomic E-state index is -0.838. The largest absolute Gasteiger partial charge is 0.508 e. The van der Waals surface area contributed by atoms with Crippen LogP contribution in [-0.2, 0) is 29.0 Å². The third-order valence-corrected chi connectivity index (χ3v) is 6.41. The number of carbonyl (C=O) groups excluding carboxylic acids is 2. The number of hydrogen-bond donors (Lipinski definition) is 2. The highest BCUT2D eigenvalue weighted by Crippen LogP contribution is 2.41. The first-order valence-electron chi connectivity index (χ1n) is 11.1. The number of phenols is 1. The predicted octanol–water partition coefficient (Wildman–Crippen LogP) is 4.29. The van der Waals surface area contributed by atoms with Crippen molar-refractivity contribution in [2.75, 3.05) is 0 Å². The molecule has 0 saturated carbocycles. The first-order valence-corrected chi connectivity index (χ1v) is 11.1. The molecule has 166 valence electrons. The van der Waals surface area contributed by atoms with Crippen LogP contribution in [0.15, 0.2) is 72.4 Å². The van der Waals surface area contributed by atoms with E-state index in [1.54, 1.807) is 30.5 Å². The number of hydrogen-bond acceptors (Lipinski definition) is 5. The summed E-state index contributed by atoms with van der Waals surface area (Å²) in [6.45, 7) is 0.104. The summed E-state index contributed by atoms with van der Waals surface area (Å²) in [6.07, 6.45) is 5.81. The van der Waals surface area contributed by atoms with Crippen molar-refractivity contribution in [1.82, 2.24) is 9.88 Å². The Labute approximate surface area is 191 Å². The third kappa shape index (κ3) is 3.89. The number of amides is 1. The van der Waals surface area contributed by atoms with Crippen molar-refractivity contribution in [3.8, 4) is 5.75 Å². The van der Waals surface area contributed by atoms with Gasteiger partial charge in [0.25, 0.3) is 11.7 Å². The van der Waals surface area contributed by atoms with Crippen LogP contribution in [0.2, 0.25) is 0 Å². The van der Waals surface area contributed by atoms with Gasteiger partial charge in [-0.05, 0) is 72.7 Å². The van der Waals surface area contributed by atoms with Gasteiger partial charge in [-0.1, -0.05) is 30.3 Å². The first-order chi connectivity index (χ1) is 16.0. The molecule has 2 N–H and O–H groups in total. The van der Waals surface area contributed by atoms with Gasteiger partial charge in [0.15, 0.2) is 0 Å². The Balaban J connectivity index is 1.64. The van der Waals surface area contributed by atoms with E-state index in [9.17, 15) is 19.8 Å². The number of aromatic hydroxyl groups is 1. The summed E-state index contributed by atoms with van der Waals surface area (Å²) in [5, 5.41) is 21.4. The van der Waals surface area contributed by atoms with E-state index in [-0.39, 0.29) is 23.6 Å². The highest BCUT2D eigenvalue weighted by molar-refractivity contribution is 6.46. The predicted molar refractivity (Wildman–Crippen MR) is 123 cm³/mol. The molecule has 33 heavy (non-hydrogen) atoms. The van der Waals surface area contributed by atoms with Crippen LogP contribution in [0.3, 0.4) is 0 Å². The summed E-state index contributed by atoms with van der Waals surface area (Å²) >= 11 is 0. The number of benzene rings is 2. The summed E-state index contributed by atoms with van der Waals surface area (Å²) in [5.74, 6) is -1.62. The zero-order valence-electron chi connectivity index (χ0n) is 18.1. The maximum absolute atomic E-state index is 13.2. The Morgan fingerprint density at radius 3 is 2.55 bits per heavy atom. The van der Waals surface area contributed by atoms with Gasteiger partial charge in [0, 0.05) is 11.8 Å². The number of aryl methyl sites for hydroxylation is 2. The molecule has 1 aromatic heterocycles. The molecule has 1 amide bonds. The van der Waals surface area contributed by atoms with Crippen molar-refractivity contribution in [3.63, 3.8) is 0 Å². The van der Waals surface area contributed by atoms with Crippen LogP contribution in [-0.4, -0.2) is 31.8 Å². The monoisotopic (exact) mass is 440 g/mol. The van der Waals surface area contributed by atoms with Gasteiger partial charge in [0.2, 0.25) is 0 Å². The fourth-order valence-electron chi connectivity index (χ4n) is 4.79. The van der Waals surface area contributed by atoms with Crippen molar-refractivity contribution in [3.05, 3.63) is 100 Å². The Morgan fingerprint density at radius 1 is 0.970 bits per heavy atom. The second-order valence-electron chi connectivity index (χ2n) is 8.53. The molecule has 1 atom stereocenters. The zero-order chi connectivity index (χ0) is 22.9. The second-order valence-corrected chi connectivity index (χ2v) is 8.53. The molecule has 0 spiro atoms. The second kappa shape index (κ2) is 8.54. The number of phenolic OH excluding ortho intramolecular Hbond substituents is 1. The molecule has 6 nitrogen and oxygen atoms in total. The number of carbonyl (C=O) groups is 2. The number of ketones is 1. The maximum Gasteiger partial charge on any atom is 0.296 e. The van der Waals surface area contributed by atoms with Crippen LogP contribution < -0.4 is 0 Å². The molecule has 1 unspecified atom stereocenters. The van der Waals surface area contributed by atoms with E-state index in [0.29, 0.717) is 16.8 Å². The molecule has 1 aliphatic carbocycles. The Morgan fingerprint density at radius 2 is 1.79 bits per heavy atom. The molecule has 0 radical (unpaired) electrons. The Hall–Kier alpha value is -3.93. The number of aliphatic hydroxyl groups excluding tert-OH is 1. The van der Waals surface area contributed by atoms with Crippen molar-refractivity contribution in [1.29, 1.82) is 0 Å². The average molecular weight is 440 g/mol. The van der Waals surface area contributed by atoms with Crippen LogP contribution in [0, 0.1) is 0 Å². The molecular formula is C27H24N2O4. The van der Waals surface area contributed by atoms with Crippen LogP contribution in [0.1, 0.15) is 46.8 Å². The number of likely N-dealkylation sites (tertiary alicyclic amines) is 1. The molecular weight excluding hydrogens is 416 g/mol. The molecule has 5 rings (SSSR count). The number of aromatic nitrogens is 1. The number of fused-ring (bicyclic) bond motifs is 1. The fourth-order valence-corrected chi connectivity index (χ4v) is 4.79. The maximum atomic E-state index is 13.2. The summed E-state index contributed by atoms with van der Waals surface area (Å²) in [4.78, 5) is 32.0. The van der Waals surface area contributed by atoms with Crippen molar-refractivity contribution in [2.24, 2.45) is 0 Å². The van der Waals surface area contributed by atoms with Gasteiger partial charge in [0.05, 0.1) is 23.9 Å². The molecule has 0 bridgehead atoms. The molecule has 6 heteroatoms. The number of rotatable bonds is 4. The summed E-state index contributed by atoms with van der Waals surface area (Å²) < 4.78 is 0. The lowest BCUT2D eigenvalue weighted by molar-refractivity contribution is -0.140. The summed E-state index contributed by atoms with van der Waals surface area (Å²) in [5.41, 5.74) is 4.15. The van der Waals surface area contributed by atoms with E-state index < -0.39 is 17.7 Å². The molecule has 2 heterocycles. The Kier molecular flexibility index (Phi) is 5.42. The van der Waals surface area contributed by atoms with Crippen molar-refractivity contribution < 1.29 is 19.8 Å².